The molecule has 0 aliphatic rings. The molecule has 2 N–H and O–H groups in total. The minimum atomic E-state index is -1.07. The van der Waals surface area contributed by atoms with Crippen molar-refractivity contribution in [1.82, 2.24) is 5.32 Å². The first-order chi connectivity index (χ1) is 7.51. The number of carboxylic acids is 1. The Morgan fingerprint density at radius 3 is 1.94 bits per heavy atom. The average Bonchev–Trinajstić information content (AvgIpc) is 2.12. The molecule has 0 spiro atoms. The van der Waals surface area contributed by atoms with Crippen LogP contribution in [0.3, 0.4) is 0 Å². The third-order valence-electron chi connectivity index (χ3n) is 3.07. The molecular weight excluding hydrogens is 218 g/mol. The largest absolute Gasteiger partial charge is 0.481 e. The second-order valence-corrected chi connectivity index (χ2v) is 6.37. The second kappa shape index (κ2) is 5.52. The van der Waals surface area contributed by atoms with Crippen molar-refractivity contribution in [3.05, 3.63) is 0 Å². The quantitative estimate of drug-likeness (QED) is 0.728. The minimum absolute atomic E-state index is 0.00338. The first kappa shape index (κ1) is 15.9. The molecule has 0 radical (unpaired) electrons. The summed E-state index contributed by atoms with van der Waals surface area (Å²) in [7, 11) is 0. The van der Waals surface area contributed by atoms with Crippen molar-refractivity contribution in [3.8, 4) is 0 Å². The van der Waals surface area contributed by atoms with Gasteiger partial charge in [0.15, 0.2) is 0 Å². The first-order valence-electron chi connectivity index (χ1n) is 6.02. The standard InChI is InChI=1S/C13H25NO3/c1-7-13(5,6)8-14-10(15)9(11(16)17)12(2,3)4/h9H,7-8H2,1-6H3,(H,14,15)(H,16,17). The van der Waals surface area contributed by atoms with Crippen molar-refractivity contribution in [3.63, 3.8) is 0 Å². The molecule has 4 heteroatoms. The SMILES string of the molecule is CCC(C)(C)CNC(=O)C(C(=O)O)C(C)(C)C. The van der Waals surface area contributed by atoms with Gasteiger partial charge in [-0.1, -0.05) is 41.5 Å². The van der Waals surface area contributed by atoms with E-state index in [2.05, 4.69) is 5.32 Å². The van der Waals surface area contributed by atoms with Crippen molar-refractivity contribution in [1.29, 1.82) is 0 Å². The van der Waals surface area contributed by atoms with Crippen molar-refractivity contribution in [2.45, 2.75) is 48.0 Å². The van der Waals surface area contributed by atoms with E-state index in [0.29, 0.717) is 6.54 Å². The Morgan fingerprint density at radius 1 is 1.18 bits per heavy atom. The van der Waals surface area contributed by atoms with Gasteiger partial charge in [-0.15, -0.1) is 0 Å². The highest BCUT2D eigenvalue weighted by Gasteiger charge is 2.37. The lowest BCUT2D eigenvalue weighted by molar-refractivity contribution is -0.151. The zero-order valence-electron chi connectivity index (χ0n) is 11.8. The van der Waals surface area contributed by atoms with Gasteiger partial charge >= 0.3 is 5.97 Å². The Kier molecular flexibility index (Phi) is 5.17. The normalized spacial score (nSPS) is 14.2. The molecule has 0 heterocycles. The predicted octanol–water partition coefficient (Wildman–Crippen LogP) is 2.29. The number of rotatable bonds is 5. The maximum Gasteiger partial charge on any atom is 0.316 e. The van der Waals surface area contributed by atoms with Crippen LogP contribution in [0.1, 0.15) is 48.0 Å². The fourth-order valence-corrected chi connectivity index (χ4v) is 1.43. The van der Waals surface area contributed by atoms with E-state index in [4.69, 9.17) is 5.11 Å². The third-order valence-corrected chi connectivity index (χ3v) is 3.07. The van der Waals surface area contributed by atoms with Gasteiger partial charge in [-0.3, -0.25) is 9.59 Å². The van der Waals surface area contributed by atoms with Gasteiger partial charge in [0, 0.05) is 6.54 Å². The summed E-state index contributed by atoms with van der Waals surface area (Å²) < 4.78 is 0. The van der Waals surface area contributed by atoms with Gasteiger partial charge < -0.3 is 10.4 Å². The molecule has 0 aromatic heterocycles. The molecule has 0 aliphatic heterocycles. The van der Waals surface area contributed by atoms with Crippen LogP contribution < -0.4 is 5.32 Å². The molecule has 0 aromatic rings. The number of carbonyl (C=O) groups is 2. The number of aliphatic carboxylic acids is 1. The number of carboxylic acid groups (broad SMARTS) is 1. The number of hydrogen-bond donors (Lipinski definition) is 2. The van der Waals surface area contributed by atoms with Gasteiger partial charge in [0.25, 0.3) is 0 Å². The highest BCUT2D eigenvalue weighted by Crippen LogP contribution is 2.27. The monoisotopic (exact) mass is 243 g/mol. The highest BCUT2D eigenvalue weighted by molar-refractivity contribution is 5.97. The van der Waals surface area contributed by atoms with Crippen LogP contribution in [0.5, 0.6) is 0 Å². The summed E-state index contributed by atoms with van der Waals surface area (Å²) in [5.41, 5.74) is -0.580. The Bertz CT molecular complexity index is 290. The third kappa shape index (κ3) is 5.20. The summed E-state index contributed by atoms with van der Waals surface area (Å²) >= 11 is 0. The second-order valence-electron chi connectivity index (χ2n) is 6.37. The van der Waals surface area contributed by atoms with Gasteiger partial charge in [0.2, 0.25) is 5.91 Å². The lowest BCUT2D eigenvalue weighted by Gasteiger charge is -2.28. The van der Waals surface area contributed by atoms with E-state index >= 15 is 0 Å². The Hall–Kier alpha value is -1.06. The Morgan fingerprint density at radius 2 is 1.65 bits per heavy atom. The molecule has 0 fully saturated rings. The molecule has 0 bridgehead atoms. The molecule has 0 aromatic carbocycles. The fourth-order valence-electron chi connectivity index (χ4n) is 1.43. The van der Waals surface area contributed by atoms with Gasteiger partial charge in [-0.25, -0.2) is 0 Å². The van der Waals surface area contributed by atoms with Gasteiger partial charge in [-0.2, -0.15) is 0 Å². The summed E-state index contributed by atoms with van der Waals surface area (Å²) in [5.74, 6) is -2.47. The van der Waals surface area contributed by atoms with Crippen LogP contribution in [-0.2, 0) is 9.59 Å². The number of carbonyl (C=O) groups excluding carboxylic acids is 1. The van der Waals surface area contributed by atoms with Crippen LogP contribution in [-0.4, -0.2) is 23.5 Å². The van der Waals surface area contributed by atoms with E-state index < -0.39 is 23.2 Å². The molecule has 17 heavy (non-hydrogen) atoms. The van der Waals surface area contributed by atoms with Crippen LogP contribution in [0.4, 0.5) is 0 Å². The maximum absolute atomic E-state index is 11.9. The molecule has 1 unspecified atom stereocenters. The number of amides is 1. The fraction of sp³-hybridized carbons (Fsp3) is 0.846. The minimum Gasteiger partial charge on any atom is -0.481 e. The van der Waals surface area contributed by atoms with E-state index in [9.17, 15) is 9.59 Å². The zero-order valence-corrected chi connectivity index (χ0v) is 11.8. The summed E-state index contributed by atoms with van der Waals surface area (Å²) in [5, 5.41) is 11.8. The Balaban J connectivity index is 4.63. The van der Waals surface area contributed by atoms with Crippen molar-refractivity contribution >= 4 is 11.9 Å². The van der Waals surface area contributed by atoms with Crippen LogP contribution in [0.2, 0.25) is 0 Å². The van der Waals surface area contributed by atoms with Gasteiger partial charge in [-0.05, 0) is 17.3 Å². The first-order valence-corrected chi connectivity index (χ1v) is 6.02. The number of nitrogens with one attached hydrogen (secondary N) is 1. The van der Waals surface area contributed by atoms with Crippen molar-refractivity contribution in [2.24, 2.45) is 16.7 Å². The van der Waals surface area contributed by atoms with E-state index in [1.807, 2.05) is 20.8 Å². The van der Waals surface area contributed by atoms with E-state index in [1.165, 1.54) is 0 Å². The number of hydrogen-bond acceptors (Lipinski definition) is 2. The lowest BCUT2D eigenvalue weighted by atomic mass is 9.80. The molecule has 0 rings (SSSR count). The molecule has 0 aliphatic carbocycles. The maximum atomic E-state index is 11.9. The van der Waals surface area contributed by atoms with E-state index in [1.54, 1.807) is 20.8 Å². The van der Waals surface area contributed by atoms with Crippen LogP contribution in [0.25, 0.3) is 0 Å². The van der Waals surface area contributed by atoms with Crippen LogP contribution >= 0.6 is 0 Å². The lowest BCUT2D eigenvalue weighted by Crippen LogP contribution is -2.45. The summed E-state index contributed by atoms with van der Waals surface area (Å²) in [6, 6.07) is 0. The average molecular weight is 243 g/mol. The molecule has 0 saturated heterocycles. The van der Waals surface area contributed by atoms with Crippen LogP contribution in [0, 0.1) is 16.7 Å². The van der Waals surface area contributed by atoms with Crippen molar-refractivity contribution < 1.29 is 14.7 Å². The summed E-state index contributed by atoms with van der Waals surface area (Å²) in [6.45, 7) is 11.9. The molecular formula is C13H25NO3. The topological polar surface area (TPSA) is 66.4 Å². The zero-order chi connectivity index (χ0) is 13.9. The van der Waals surface area contributed by atoms with E-state index in [0.717, 1.165) is 6.42 Å². The smallest absolute Gasteiger partial charge is 0.316 e. The predicted molar refractivity (Wildman–Crippen MR) is 67.7 cm³/mol. The summed E-state index contributed by atoms with van der Waals surface area (Å²) in [4.78, 5) is 23.0. The summed E-state index contributed by atoms with van der Waals surface area (Å²) in [6.07, 6.45) is 0.931. The molecule has 1 amide bonds. The molecule has 0 saturated carbocycles. The molecule has 4 nitrogen and oxygen atoms in total. The van der Waals surface area contributed by atoms with Gasteiger partial charge in [0.05, 0.1) is 0 Å². The van der Waals surface area contributed by atoms with E-state index in [-0.39, 0.29) is 5.41 Å². The van der Waals surface area contributed by atoms with Crippen molar-refractivity contribution in [2.75, 3.05) is 6.54 Å². The molecule has 1 atom stereocenters. The Labute approximate surface area is 104 Å². The highest BCUT2D eigenvalue weighted by atomic mass is 16.4. The van der Waals surface area contributed by atoms with Crippen LogP contribution in [0.15, 0.2) is 0 Å². The molecule has 100 valence electrons. The van der Waals surface area contributed by atoms with Gasteiger partial charge in [0.1, 0.15) is 5.92 Å².